The molecule has 16 heavy (non-hydrogen) atoms. The highest BCUT2D eigenvalue weighted by Crippen LogP contribution is 2.23. The average Bonchev–Trinajstić information content (AvgIpc) is 2.27. The Morgan fingerprint density at radius 1 is 1.25 bits per heavy atom. The Morgan fingerprint density at radius 2 is 2.00 bits per heavy atom. The molecular formula is C12H14N2O2. The molecule has 1 aliphatic heterocycles. The van der Waals surface area contributed by atoms with E-state index in [-0.39, 0.29) is 0 Å². The van der Waals surface area contributed by atoms with Crippen molar-refractivity contribution in [2.75, 3.05) is 18.0 Å². The summed E-state index contributed by atoms with van der Waals surface area (Å²) in [5.74, 6) is -0.993. The zero-order valence-electron chi connectivity index (χ0n) is 9.41. The van der Waals surface area contributed by atoms with Crippen LogP contribution in [-0.4, -0.2) is 24.9 Å². The van der Waals surface area contributed by atoms with E-state index in [1.54, 1.807) is 4.90 Å². The molecule has 1 fully saturated rings. The second-order valence-corrected chi connectivity index (χ2v) is 3.93. The number of rotatable bonds is 1. The normalized spacial score (nSPS) is 16.2. The lowest BCUT2D eigenvalue weighted by Gasteiger charge is -2.28. The van der Waals surface area contributed by atoms with Gasteiger partial charge in [0.2, 0.25) is 0 Å². The first-order valence-electron chi connectivity index (χ1n) is 5.27. The van der Waals surface area contributed by atoms with E-state index >= 15 is 0 Å². The highest BCUT2D eigenvalue weighted by Gasteiger charge is 2.28. The van der Waals surface area contributed by atoms with E-state index < -0.39 is 11.8 Å². The molecule has 0 aliphatic carbocycles. The third-order valence-corrected chi connectivity index (χ3v) is 2.93. The first kappa shape index (κ1) is 10.7. The van der Waals surface area contributed by atoms with Crippen LogP contribution in [-0.2, 0) is 9.59 Å². The van der Waals surface area contributed by atoms with Gasteiger partial charge in [-0.3, -0.25) is 9.59 Å². The van der Waals surface area contributed by atoms with Crippen LogP contribution in [0.5, 0.6) is 0 Å². The molecule has 0 aromatic heterocycles. The smallest absolute Gasteiger partial charge is 0.316 e. The van der Waals surface area contributed by atoms with Gasteiger partial charge in [0, 0.05) is 18.8 Å². The van der Waals surface area contributed by atoms with Crippen LogP contribution < -0.4 is 10.2 Å². The molecule has 1 aromatic rings. The molecule has 0 bridgehead atoms. The summed E-state index contributed by atoms with van der Waals surface area (Å²) < 4.78 is 0. The number of anilines is 1. The van der Waals surface area contributed by atoms with Gasteiger partial charge in [-0.2, -0.15) is 0 Å². The minimum absolute atomic E-state index is 0.472. The number of aryl methyl sites for hydroxylation is 1. The summed E-state index contributed by atoms with van der Waals surface area (Å²) in [6, 6.07) is 5.77. The predicted octanol–water partition coefficient (Wildman–Crippen LogP) is 0.766. The maximum absolute atomic E-state index is 11.7. The standard InChI is InChI=1S/C12H14N2O2/c1-8-4-3-5-10(9(8)2)14-7-6-13-11(15)12(14)16/h3-5H,6-7H2,1-2H3,(H,13,15). The summed E-state index contributed by atoms with van der Waals surface area (Å²) in [7, 11) is 0. The fraction of sp³-hybridized carbons (Fsp3) is 0.333. The van der Waals surface area contributed by atoms with E-state index in [1.807, 2.05) is 32.0 Å². The molecule has 0 atom stereocenters. The van der Waals surface area contributed by atoms with Crippen molar-refractivity contribution in [2.45, 2.75) is 13.8 Å². The van der Waals surface area contributed by atoms with Gasteiger partial charge >= 0.3 is 11.8 Å². The lowest BCUT2D eigenvalue weighted by atomic mass is 10.1. The molecule has 1 saturated heterocycles. The maximum Gasteiger partial charge on any atom is 0.316 e. The molecule has 1 N–H and O–H groups in total. The fourth-order valence-corrected chi connectivity index (χ4v) is 1.84. The lowest BCUT2D eigenvalue weighted by molar-refractivity contribution is -0.138. The van der Waals surface area contributed by atoms with Crippen LogP contribution >= 0.6 is 0 Å². The Labute approximate surface area is 94.2 Å². The third kappa shape index (κ3) is 1.66. The SMILES string of the molecule is Cc1cccc(N2CCNC(=O)C2=O)c1C. The van der Waals surface area contributed by atoms with Crippen molar-refractivity contribution in [2.24, 2.45) is 0 Å². The van der Waals surface area contributed by atoms with E-state index in [0.717, 1.165) is 16.8 Å². The Hall–Kier alpha value is -1.84. The van der Waals surface area contributed by atoms with Crippen LogP contribution in [0.1, 0.15) is 11.1 Å². The lowest BCUT2D eigenvalue weighted by Crippen LogP contribution is -2.52. The highest BCUT2D eigenvalue weighted by atomic mass is 16.2. The molecule has 4 nitrogen and oxygen atoms in total. The molecular weight excluding hydrogens is 204 g/mol. The predicted molar refractivity (Wildman–Crippen MR) is 61.3 cm³/mol. The Balaban J connectivity index is 2.40. The van der Waals surface area contributed by atoms with Crippen LogP contribution in [0.2, 0.25) is 0 Å². The van der Waals surface area contributed by atoms with Crippen molar-refractivity contribution >= 4 is 17.5 Å². The molecule has 1 aromatic carbocycles. The van der Waals surface area contributed by atoms with E-state index in [9.17, 15) is 9.59 Å². The summed E-state index contributed by atoms with van der Waals surface area (Å²) in [4.78, 5) is 24.5. The number of nitrogens with zero attached hydrogens (tertiary/aromatic N) is 1. The Kier molecular flexibility index (Phi) is 2.64. The van der Waals surface area contributed by atoms with Gasteiger partial charge in [-0.15, -0.1) is 0 Å². The number of amides is 2. The number of hydrogen-bond acceptors (Lipinski definition) is 2. The van der Waals surface area contributed by atoms with Gasteiger partial charge in [-0.25, -0.2) is 0 Å². The third-order valence-electron chi connectivity index (χ3n) is 2.93. The molecule has 0 spiro atoms. The number of carbonyl (C=O) groups is 2. The zero-order chi connectivity index (χ0) is 11.7. The number of hydrogen-bond donors (Lipinski definition) is 1. The summed E-state index contributed by atoms with van der Waals surface area (Å²) in [6.07, 6.45) is 0. The summed E-state index contributed by atoms with van der Waals surface area (Å²) in [5, 5.41) is 2.54. The second kappa shape index (κ2) is 3.96. The van der Waals surface area contributed by atoms with Crippen molar-refractivity contribution in [3.05, 3.63) is 29.3 Å². The van der Waals surface area contributed by atoms with Crippen molar-refractivity contribution in [3.63, 3.8) is 0 Å². The van der Waals surface area contributed by atoms with Crippen LogP contribution in [0.25, 0.3) is 0 Å². The highest BCUT2D eigenvalue weighted by molar-refractivity contribution is 6.41. The number of benzene rings is 1. The average molecular weight is 218 g/mol. The fourth-order valence-electron chi connectivity index (χ4n) is 1.84. The van der Waals surface area contributed by atoms with Crippen LogP contribution in [0, 0.1) is 13.8 Å². The van der Waals surface area contributed by atoms with Gasteiger partial charge in [0.15, 0.2) is 0 Å². The summed E-state index contributed by atoms with van der Waals surface area (Å²) in [5.41, 5.74) is 3.00. The van der Waals surface area contributed by atoms with E-state index in [1.165, 1.54) is 0 Å². The van der Waals surface area contributed by atoms with E-state index in [2.05, 4.69) is 5.32 Å². The van der Waals surface area contributed by atoms with Gasteiger partial charge in [0.05, 0.1) is 0 Å². The zero-order valence-corrected chi connectivity index (χ0v) is 9.41. The molecule has 1 heterocycles. The Bertz CT molecular complexity index is 454. The molecule has 0 saturated carbocycles. The Morgan fingerprint density at radius 3 is 2.75 bits per heavy atom. The van der Waals surface area contributed by atoms with Crippen LogP contribution in [0.3, 0.4) is 0 Å². The monoisotopic (exact) mass is 218 g/mol. The minimum atomic E-state index is -0.521. The largest absolute Gasteiger partial charge is 0.346 e. The van der Waals surface area contributed by atoms with E-state index in [0.29, 0.717) is 13.1 Å². The molecule has 2 amide bonds. The molecule has 0 radical (unpaired) electrons. The molecule has 84 valence electrons. The number of nitrogens with one attached hydrogen (secondary N) is 1. The van der Waals surface area contributed by atoms with Gasteiger partial charge in [0.1, 0.15) is 0 Å². The quantitative estimate of drug-likeness (QED) is 0.708. The molecule has 1 aliphatic rings. The first-order chi connectivity index (χ1) is 7.61. The van der Waals surface area contributed by atoms with Crippen molar-refractivity contribution < 1.29 is 9.59 Å². The van der Waals surface area contributed by atoms with Gasteiger partial charge in [-0.1, -0.05) is 12.1 Å². The number of piperazine rings is 1. The van der Waals surface area contributed by atoms with Crippen molar-refractivity contribution in [3.8, 4) is 0 Å². The van der Waals surface area contributed by atoms with Gasteiger partial charge < -0.3 is 10.2 Å². The van der Waals surface area contributed by atoms with E-state index in [4.69, 9.17) is 0 Å². The topological polar surface area (TPSA) is 49.4 Å². The maximum atomic E-state index is 11.7. The first-order valence-corrected chi connectivity index (χ1v) is 5.27. The summed E-state index contributed by atoms with van der Waals surface area (Å²) >= 11 is 0. The van der Waals surface area contributed by atoms with Gasteiger partial charge in [0.25, 0.3) is 0 Å². The van der Waals surface area contributed by atoms with Crippen molar-refractivity contribution in [1.29, 1.82) is 0 Å². The molecule has 4 heteroatoms. The van der Waals surface area contributed by atoms with Crippen molar-refractivity contribution in [1.82, 2.24) is 5.32 Å². The molecule has 0 unspecified atom stereocenters. The summed E-state index contributed by atoms with van der Waals surface area (Å²) in [6.45, 7) is 5.00. The molecule has 2 rings (SSSR count). The van der Waals surface area contributed by atoms with Crippen LogP contribution in [0.15, 0.2) is 18.2 Å². The number of carbonyl (C=O) groups excluding carboxylic acids is 2. The van der Waals surface area contributed by atoms with Gasteiger partial charge in [-0.05, 0) is 31.0 Å². The minimum Gasteiger partial charge on any atom is -0.346 e. The van der Waals surface area contributed by atoms with Crippen LogP contribution in [0.4, 0.5) is 5.69 Å². The second-order valence-electron chi connectivity index (χ2n) is 3.93.